The lowest BCUT2D eigenvalue weighted by atomic mass is 9.85. The van der Waals surface area contributed by atoms with Crippen LogP contribution in [-0.4, -0.2) is 37.3 Å². The quantitative estimate of drug-likeness (QED) is 0.288. The lowest BCUT2D eigenvalue weighted by Crippen LogP contribution is -2.32. The Morgan fingerprint density at radius 1 is 0.886 bits per heavy atom. The van der Waals surface area contributed by atoms with Gasteiger partial charge in [0.25, 0.3) is 0 Å². The van der Waals surface area contributed by atoms with E-state index in [4.69, 9.17) is 9.47 Å². The average Bonchev–Trinajstić information content (AvgIpc) is 3.63. The second-order valence-corrected chi connectivity index (χ2v) is 9.53. The summed E-state index contributed by atoms with van der Waals surface area (Å²) in [6.07, 6.45) is 5.02. The molecule has 8 heteroatoms. The van der Waals surface area contributed by atoms with Crippen LogP contribution in [0.3, 0.4) is 0 Å². The fourth-order valence-electron chi connectivity index (χ4n) is 5.92. The van der Waals surface area contributed by atoms with E-state index in [2.05, 4.69) is 12.2 Å². The van der Waals surface area contributed by atoms with Crippen LogP contribution in [0, 0.1) is 29.6 Å². The van der Waals surface area contributed by atoms with Crippen molar-refractivity contribution in [2.24, 2.45) is 29.6 Å². The van der Waals surface area contributed by atoms with E-state index in [0.29, 0.717) is 17.1 Å². The molecule has 2 aromatic rings. The molecule has 2 aliphatic heterocycles. The minimum absolute atomic E-state index is 0.0484. The van der Waals surface area contributed by atoms with Crippen LogP contribution < -0.4 is 19.3 Å². The van der Waals surface area contributed by atoms with Crippen LogP contribution in [0.15, 0.2) is 60.7 Å². The number of fused-ring (bicyclic) bond motifs is 5. The number of allylic oxidation sites excluding steroid dienone is 2. The standard InChI is InChI=1S/C27H24N2O6/c1-34-20-9-7-18(8-10-20)28-14-17(12-22(28)30)27(33)35-21-4-2-3-19(13-21)29-25(31)23-15-5-6-16(11-15)24(23)26(29)32/h2-10,13,15-17,23-24H,11-12,14H2,1H3/t15-,16+,17-,23+,24+/m1/s1. The Morgan fingerprint density at radius 2 is 1.57 bits per heavy atom. The van der Waals surface area contributed by atoms with Crippen molar-refractivity contribution in [3.05, 3.63) is 60.7 Å². The smallest absolute Gasteiger partial charge is 0.316 e. The van der Waals surface area contributed by atoms with Gasteiger partial charge < -0.3 is 14.4 Å². The fourth-order valence-corrected chi connectivity index (χ4v) is 5.92. The van der Waals surface area contributed by atoms with Gasteiger partial charge in [-0.05, 0) is 54.7 Å². The number of anilines is 2. The van der Waals surface area contributed by atoms with Gasteiger partial charge in [0.1, 0.15) is 11.5 Å². The molecule has 0 spiro atoms. The number of carbonyl (C=O) groups is 4. The lowest BCUT2D eigenvalue weighted by molar-refractivity contribution is -0.139. The van der Waals surface area contributed by atoms with Gasteiger partial charge >= 0.3 is 5.97 Å². The number of nitrogens with zero attached hydrogens (tertiary/aromatic N) is 2. The normalized spacial score (nSPS) is 28.7. The van der Waals surface area contributed by atoms with Crippen molar-refractivity contribution >= 4 is 35.1 Å². The zero-order valence-corrected chi connectivity index (χ0v) is 19.1. The van der Waals surface area contributed by atoms with Crippen LogP contribution in [0.25, 0.3) is 0 Å². The first-order chi connectivity index (χ1) is 16.9. The number of hydrogen-bond donors (Lipinski definition) is 0. The SMILES string of the molecule is COc1ccc(N2C[C@H](C(=O)Oc3cccc(N4C(=O)[C@@H]5[C@@H](C4=O)[C@H]4C=C[C@@H]5C4)c3)CC2=O)cc1. The van der Waals surface area contributed by atoms with Crippen molar-refractivity contribution in [1.29, 1.82) is 0 Å². The molecule has 35 heavy (non-hydrogen) atoms. The van der Waals surface area contributed by atoms with Crippen molar-refractivity contribution in [2.75, 3.05) is 23.5 Å². The molecule has 2 aromatic carbocycles. The average molecular weight is 472 g/mol. The first kappa shape index (κ1) is 21.6. The summed E-state index contributed by atoms with van der Waals surface area (Å²) in [6.45, 7) is 0.214. The Bertz CT molecular complexity index is 1240. The number of carbonyl (C=O) groups excluding carboxylic acids is 4. The van der Waals surface area contributed by atoms with Gasteiger partial charge in [0, 0.05) is 24.7 Å². The van der Waals surface area contributed by atoms with Crippen LogP contribution >= 0.6 is 0 Å². The van der Waals surface area contributed by atoms with E-state index in [0.717, 1.165) is 6.42 Å². The first-order valence-corrected chi connectivity index (χ1v) is 11.8. The minimum atomic E-state index is -0.621. The summed E-state index contributed by atoms with van der Waals surface area (Å²) in [7, 11) is 1.57. The third-order valence-corrected chi connectivity index (χ3v) is 7.61. The number of methoxy groups -OCH3 is 1. The van der Waals surface area contributed by atoms with Gasteiger partial charge in [0.15, 0.2) is 0 Å². The molecule has 1 saturated carbocycles. The fraction of sp³-hybridized carbons (Fsp3) is 0.333. The van der Waals surface area contributed by atoms with E-state index in [-0.39, 0.29) is 60.1 Å². The van der Waals surface area contributed by atoms with Crippen LogP contribution in [0.2, 0.25) is 0 Å². The molecular formula is C27H24N2O6. The summed E-state index contributed by atoms with van der Waals surface area (Å²) >= 11 is 0. The van der Waals surface area contributed by atoms with Gasteiger partial charge in [-0.25, -0.2) is 4.90 Å². The summed E-state index contributed by atoms with van der Waals surface area (Å²) in [5.74, 6) is -1.09. The molecular weight excluding hydrogens is 448 g/mol. The predicted molar refractivity (Wildman–Crippen MR) is 126 cm³/mol. The van der Waals surface area contributed by atoms with E-state index < -0.39 is 11.9 Å². The second-order valence-electron chi connectivity index (χ2n) is 9.53. The topological polar surface area (TPSA) is 93.2 Å². The van der Waals surface area contributed by atoms with Gasteiger partial charge in [0.2, 0.25) is 17.7 Å². The van der Waals surface area contributed by atoms with Crippen LogP contribution in [0.5, 0.6) is 11.5 Å². The van der Waals surface area contributed by atoms with E-state index in [1.165, 1.54) is 4.90 Å². The number of benzene rings is 2. The number of hydrogen-bond acceptors (Lipinski definition) is 6. The van der Waals surface area contributed by atoms with Gasteiger partial charge in [0.05, 0.1) is 30.6 Å². The summed E-state index contributed by atoms with van der Waals surface area (Å²) in [5.41, 5.74) is 1.09. The van der Waals surface area contributed by atoms with Gasteiger partial charge in [-0.2, -0.15) is 0 Å². The van der Waals surface area contributed by atoms with Crippen molar-refractivity contribution in [1.82, 2.24) is 0 Å². The van der Waals surface area contributed by atoms with Gasteiger partial charge in [-0.15, -0.1) is 0 Å². The number of esters is 1. The molecule has 8 nitrogen and oxygen atoms in total. The zero-order valence-electron chi connectivity index (χ0n) is 19.1. The molecule has 2 bridgehead atoms. The molecule has 2 saturated heterocycles. The molecule has 3 amide bonds. The Kier molecular flexibility index (Phi) is 4.98. The van der Waals surface area contributed by atoms with E-state index in [9.17, 15) is 19.2 Å². The van der Waals surface area contributed by atoms with E-state index >= 15 is 0 Å². The molecule has 2 aliphatic carbocycles. The van der Waals surface area contributed by atoms with Crippen LogP contribution in [-0.2, 0) is 19.2 Å². The lowest BCUT2D eigenvalue weighted by Gasteiger charge is -2.18. The molecule has 3 fully saturated rings. The maximum Gasteiger partial charge on any atom is 0.316 e. The van der Waals surface area contributed by atoms with E-state index in [1.807, 2.05) is 0 Å². The van der Waals surface area contributed by atoms with Crippen molar-refractivity contribution in [2.45, 2.75) is 12.8 Å². The second kappa shape index (κ2) is 8.08. The molecule has 2 heterocycles. The first-order valence-electron chi connectivity index (χ1n) is 11.8. The molecule has 0 aromatic heterocycles. The molecule has 4 aliphatic rings. The molecule has 0 radical (unpaired) electrons. The Hall–Kier alpha value is -3.94. The monoisotopic (exact) mass is 472 g/mol. The van der Waals surface area contributed by atoms with E-state index in [1.54, 1.807) is 60.5 Å². The molecule has 6 rings (SSSR count). The Balaban J connectivity index is 1.15. The molecule has 0 unspecified atom stereocenters. The highest BCUT2D eigenvalue weighted by Gasteiger charge is 2.59. The molecule has 5 atom stereocenters. The Morgan fingerprint density at radius 3 is 2.23 bits per heavy atom. The Labute approximate surface area is 202 Å². The maximum absolute atomic E-state index is 13.1. The summed E-state index contributed by atoms with van der Waals surface area (Å²) in [5, 5.41) is 0. The molecule has 178 valence electrons. The summed E-state index contributed by atoms with van der Waals surface area (Å²) < 4.78 is 10.7. The predicted octanol–water partition coefficient (Wildman–Crippen LogP) is 2.97. The van der Waals surface area contributed by atoms with Gasteiger partial charge in [-0.3, -0.25) is 19.2 Å². The maximum atomic E-state index is 13.1. The highest BCUT2D eigenvalue weighted by atomic mass is 16.5. The largest absolute Gasteiger partial charge is 0.497 e. The third kappa shape index (κ3) is 3.43. The van der Waals surface area contributed by atoms with Crippen LogP contribution in [0.4, 0.5) is 11.4 Å². The summed E-state index contributed by atoms with van der Waals surface area (Å²) in [6, 6.07) is 13.5. The highest BCUT2D eigenvalue weighted by Crippen LogP contribution is 2.53. The van der Waals surface area contributed by atoms with Gasteiger partial charge in [-0.1, -0.05) is 18.2 Å². The van der Waals surface area contributed by atoms with Crippen molar-refractivity contribution in [3.8, 4) is 11.5 Å². The van der Waals surface area contributed by atoms with Crippen molar-refractivity contribution < 1.29 is 28.7 Å². The van der Waals surface area contributed by atoms with Crippen LogP contribution in [0.1, 0.15) is 12.8 Å². The minimum Gasteiger partial charge on any atom is -0.497 e. The number of ether oxygens (including phenoxy) is 2. The summed E-state index contributed by atoms with van der Waals surface area (Å²) in [4.78, 5) is 54.4. The zero-order chi connectivity index (χ0) is 24.3. The highest BCUT2D eigenvalue weighted by molar-refractivity contribution is 6.22. The van der Waals surface area contributed by atoms with Crippen molar-refractivity contribution in [3.63, 3.8) is 0 Å². The molecule has 0 N–H and O–H groups in total. The number of imide groups is 1. The number of amides is 3. The third-order valence-electron chi connectivity index (χ3n) is 7.61. The number of rotatable bonds is 5.